The van der Waals surface area contributed by atoms with Crippen LogP contribution >= 0.6 is 15.9 Å². The fourth-order valence-electron chi connectivity index (χ4n) is 6.84. The van der Waals surface area contributed by atoms with Crippen LogP contribution in [-0.4, -0.2) is 77.9 Å². The number of phenols is 1. The minimum Gasteiger partial charge on any atom is -0.508 e. The van der Waals surface area contributed by atoms with Gasteiger partial charge in [-0.15, -0.1) is 0 Å². The number of hydrogen-bond acceptors (Lipinski definition) is 8. The van der Waals surface area contributed by atoms with E-state index < -0.39 is 0 Å². The third kappa shape index (κ3) is 4.48. The lowest BCUT2D eigenvalue weighted by Crippen LogP contribution is -2.52. The van der Waals surface area contributed by atoms with Crippen LogP contribution in [0.15, 0.2) is 34.8 Å². The van der Waals surface area contributed by atoms with Gasteiger partial charge in [-0.2, -0.15) is 9.97 Å². The van der Waals surface area contributed by atoms with E-state index in [0.717, 1.165) is 71.5 Å². The van der Waals surface area contributed by atoms with Gasteiger partial charge in [0.15, 0.2) is 0 Å². The van der Waals surface area contributed by atoms with Gasteiger partial charge in [-0.05, 0) is 63.2 Å². The number of halogens is 1. The Bertz CT molecular complexity index is 1360. The number of likely N-dealkylation sites (tertiary alicyclic amines) is 1. The number of nitrogens with zero attached hydrogens (tertiary/aromatic N) is 5. The van der Waals surface area contributed by atoms with Crippen LogP contribution in [0.25, 0.3) is 10.8 Å². The number of ether oxygens (including phenoxy) is 1. The number of piperazine rings is 1. The maximum atomic E-state index is 10.5. The highest BCUT2D eigenvalue weighted by atomic mass is 79.9. The summed E-state index contributed by atoms with van der Waals surface area (Å²) in [6.45, 7) is 5.21. The predicted octanol–water partition coefficient (Wildman–Crippen LogP) is 4.07. The Morgan fingerprint density at radius 2 is 1.92 bits per heavy atom. The van der Waals surface area contributed by atoms with Gasteiger partial charge in [-0.25, -0.2) is 0 Å². The zero-order valence-electron chi connectivity index (χ0n) is 21.9. The van der Waals surface area contributed by atoms with Gasteiger partial charge in [0.2, 0.25) is 0 Å². The Kier molecular flexibility index (Phi) is 6.33. The van der Waals surface area contributed by atoms with Crippen LogP contribution in [0.3, 0.4) is 0 Å². The number of likely N-dealkylation sites (N-methyl/N-ethyl adjacent to an activating group) is 1. The van der Waals surface area contributed by atoms with E-state index in [2.05, 4.69) is 49.1 Å². The molecule has 3 aromatic rings. The Balaban J connectivity index is 1.24. The predicted molar refractivity (Wildman–Crippen MR) is 153 cm³/mol. The third-order valence-electron chi connectivity index (χ3n) is 8.85. The molecule has 0 spiro atoms. The van der Waals surface area contributed by atoms with E-state index in [4.69, 9.17) is 14.7 Å². The van der Waals surface area contributed by atoms with Crippen molar-refractivity contribution in [2.75, 3.05) is 49.6 Å². The molecule has 0 amide bonds. The smallest absolute Gasteiger partial charge is 0.318 e. The number of hydrogen-bond donors (Lipinski definition) is 2. The average Bonchev–Trinajstić information content (AvgIpc) is 3.49. The number of phenolic OH excluding ortho intramolecular Hbond substituents is 1. The summed E-state index contributed by atoms with van der Waals surface area (Å²) in [4.78, 5) is 17.2. The molecule has 0 radical (unpaired) electrons. The lowest BCUT2D eigenvalue weighted by atomic mass is 10.0. The van der Waals surface area contributed by atoms with Crippen molar-refractivity contribution in [2.24, 2.45) is 0 Å². The molecule has 0 aliphatic carbocycles. The van der Waals surface area contributed by atoms with Crippen LogP contribution < -0.4 is 19.9 Å². The highest BCUT2D eigenvalue weighted by molar-refractivity contribution is 9.10. The Morgan fingerprint density at radius 1 is 1.08 bits per heavy atom. The number of anilines is 2. The van der Waals surface area contributed by atoms with E-state index in [0.29, 0.717) is 37.3 Å². The monoisotopic (exact) mass is 578 g/mol. The van der Waals surface area contributed by atoms with Crippen molar-refractivity contribution in [1.29, 1.82) is 0 Å². The first-order valence-corrected chi connectivity index (χ1v) is 14.7. The summed E-state index contributed by atoms with van der Waals surface area (Å²) in [5.74, 6) is 1.34. The first-order chi connectivity index (χ1) is 18.5. The standard InChI is InChI=1S/C29H35BrN6O2/c1-34-10-3-5-21(34)17-38-29-32-25-16-35(26-13-22(37)12-18-4-2-6-24(30)27(18)26)11-9-23(25)28(33-29)36-14-19-7-8-20(15-36)31-19/h2,4,6,12-13,19-21,31,37H,3,5,7-11,14-17H2,1H3/t19-,20-,21-/m0/s1. The summed E-state index contributed by atoms with van der Waals surface area (Å²) < 4.78 is 7.33. The van der Waals surface area contributed by atoms with Crippen molar-refractivity contribution in [1.82, 2.24) is 20.2 Å². The van der Waals surface area contributed by atoms with Gasteiger partial charge in [-0.1, -0.05) is 28.1 Å². The Labute approximate surface area is 232 Å². The summed E-state index contributed by atoms with van der Waals surface area (Å²) in [6, 6.07) is 11.8. The van der Waals surface area contributed by atoms with E-state index >= 15 is 0 Å². The van der Waals surface area contributed by atoms with Crippen molar-refractivity contribution >= 4 is 38.2 Å². The lowest BCUT2D eigenvalue weighted by Gasteiger charge is -2.37. The second-order valence-electron chi connectivity index (χ2n) is 11.4. The van der Waals surface area contributed by atoms with Crippen LogP contribution in [0.4, 0.5) is 11.5 Å². The van der Waals surface area contributed by atoms with E-state index in [-0.39, 0.29) is 5.75 Å². The zero-order valence-corrected chi connectivity index (χ0v) is 23.5. The minimum atomic E-state index is 0.278. The number of aromatic hydroxyl groups is 1. The van der Waals surface area contributed by atoms with Gasteiger partial charge in [0.25, 0.3) is 0 Å². The fourth-order valence-corrected chi connectivity index (χ4v) is 7.43. The van der Waals surface area contributed by atoms with Crippen molar-refractivity contribution in [3.8, 4) is 11.8 Å². The molecule has 3 atom stereocenters. The molecular weight excluding hydrogens is 544 g/mol. The Morgan fingerprint density at radius 3 is 2.71 bits per heavy atom. The third-order valence-corrected chi connectivity index (χ3v) is 9.51. The van der Waals surface area contributed by atoms with Crippen LogP contribution in [-0.2, 0) is 13.0 Å². The van der Waals surface area contributed by atoms with Gasteiger partial charge < -0.3 is 29.9 Å². The maximum absolute atomic E-state index is 10.5. The largest absolute Gasteiger partial charge is 0.508 e. The quantitative estimate of drug-likeness (QED) is 0.469. The van der Waals surface area contributed by atoms with Gasteiger partial charge in [0, 0.05) is 64.9 Å². The van der Waals surface area contributed by atoms with Gasteiger partial charge in [0.1, 0.15) is 18.2 Å². The van der Waals surface area contributed by atoms with E-state index in [1.165, 1.54) is 24.8 Å². The van der Waals surface area contributed by atoms with Gasteiger partial charge in [-0.3, -0.25) is 0 Å². The molecule has 8 nitrogen and oxygen atoms in total. The van der Waals surface area contributed by atoms with Crippen LogP contribution in [0.2, 0.25) is 0 Å². The van der Waals surface area contributed by atoms with E-state index in [1.54, 1.807) is 0 Å². The average molecular weight is 580 g/mol. The molecule has 4 aliphatic rings. The second-order valence-corrected chi connectivity index (χ2v) is 12.2. The number of fused-ring (bicyclic) bond motifs is 4. The lowest BCUT2D eigenvalue weighted by molar-refractivity contribution is 0.187. The number of nitrogens with one attached hydrogen (secondary N) is 1. The molecule has 7 rings (SSSR count). The highest BCUT2D eigenvalue weighted by Gasteiger charge is 2.35. The summed E-state index contributed by atoms with van der Waals surface area (Å²) >= 11 is 3.75. The molecule has 200 valence electrons. The molecule has 2 N–H and O–H groups in total. The van der Waals surface area contributed by atoms with Gasteiger partial charge in [0.05, 0.1) is 12.2 Å². The van der Waals surface area contributed by atoms with E-state index in [9.17, 15) is 5.11 Å². The number of aromatic nitrogens is 2. The van der Waals surface area contributed by atoms with Crippen molar-refractivity contribution < 1.29 is 9.84 Å². The summed E-state index contributed by atoms with van der Waals surface area (Å²) in [7, 11) is 2.17. The Hall–Kier alpha value is -2.62. The van der Waals surface area contributed by atoms with Crippen LogP contribution in [0, 0.1) is 0 Å². The molecule has 0 saturated carbocycles. The molecule has 38 heavy (non-hydrogen) atoms. The van der Waals surface area contributed by atoms with E-state index in [1.807, 2.05) is 24.3 Å². The SMILES string of the molecule is CN1CCC[C@H]1COc1nc2c(c(N3C[C@@H]4CC[C@@H](C3)N4)n1)CCN(c1cc(O)cc3cccc(Br)c13)C2. The molecule has 4 aliphatic heterocycles. The van der Waals surface area contributed by atoms with Crippen molar-refractivity contribution in [3.05, 3.63) is 46.1 Å². The maximum Gasteiger partial charge on any atom is 0.318 e. The number of rotatable bonds is 5. The second kappa shape index (κ2) is 9.84. The first-order valence-electron chi connectivity index (χ1n) is 13.9. The molecule has 9 heteroatoms. The molecular formula is C29H35BrN6O2. The first kappa shape index (κ1) is 24.4. The zero-order chi connectivity index (χ0) is 25.8. The van der Waals surface area contributed by atoms with Crippen molar-refractivity contribution in [2.45, 2.75) is 56.8 Å². The normalized spacial score (nSPS) is 25.3. The summed E-state index contributed by atoms with van der Waals surface area (Å²) in [6.07, 6.45) is 5.70. The fraction of sp³-hybridized carbons (Fsp3) is 0.517. The summed E-state index contributed by atoms with van der Waals surface area (Å²) in [5.41, 5.74) is 3.30. The van der Waals surface area contributed by atoms with Crippen LogP contribution in [0.5, 0.6) is 11.8 Å². The molecule has 5 heterocycles. The molecule has 3 saturated heterocycles. The molecule has 1 aromatic heterocycles. The minimum absolute atomic E-state index is 0.278. The summed E-state index contributed by atoms with van der Waals surface area (Å²) in [5, 5.41) is 16.4. The molecule has 2 bridgehead atoms. The topological polar surface area (TPSA) is 77.0 Å². The molecule has 0 unspecified atom stereocenters. The van der Waals surface area contributed by atoms with Gasteiger partial charge >= 0.3 is 6.01 Å². The van der Waals surface area contributed by atoms with Crippen molar-refractivity contribution in [3.63, 3.8) is 0 Å². The van der Waals surface area contributed by atoms with Crippen LogP contribution in [0.1, 0.15) is 36.9 Å². The highest BCUT2D eigenvalue weighted by Crippen LogP contribution is 2.40. The number of benzene rings is 2. The molecule has 2 aromatic carbocycles. The molecule has 3 fully saturated rings.